The predicted octanol–water partition coefficient (Wildman–Crippen LogP) is 2.96. The van der Waals surface area contributed by atoms with Gasteiger partial charge in [0.05, 0.1) is 4.88 Å². The van der Waals surface area contributed by atoms with Gasteiger partial charge >= 0.3 is 0 Å². The highest BCUT2D eigenvalue weighted by Gasteiger charge is 2.37. The molecule has 0 spiro atoms. The molecule has 2 heterocycles. The minimum atomic E-state index is -0.238. The Labute approximate surface area is 101 Å². The van der Waals surface area contributed by atoms with E-state index in [1.54, 1.807) is 11.3 Å². The summed E-state index contributed by atoms with van der Waals surface area (Å²) in [4.78, 5) is 13.3. The fraction of sp³-hybridized carbons (Fsp3) is 0.615. The van der Waals surface area contributed by atoms with Gasteiger partial charge in [-0.3, -0.25) is 4.79 Å². The van der Waals surface area contributed by atoms with Crippen LogP contribution in [0.3, 0.4) is 0 Å². The number of thiophene rings is 1. The molecule has 1 aliphatic rings. The van der Waals surface area contributed by atoms with Crippen LogP contribution in [0.4, 0.5) is 0 Å². The Morgan fingerprint density at radius 3 is 2.94 bits per heavy atom. The number of rotatable bonds is 3. The predicted molar refractivity (Wildman–Crippen MR) is 68.0 cm³/mol. The molecule has 88 valence electrons. The van der Waals surface area contributed by atoms with E-state index in [1.807, 2.05) is 17.5 Å². The van der Waals surface area contributed by atoms with Crippen molar-refractivity contribution in [2.24, 2.45) is 11.3 Å². The second-order valence-corrected chi connectivity index (χ2v) is 6.02. The number of ketones is 1. The molecular formula is C13H19NOS. The van der Waals surface area contributed by atoms with Gasteiger partial charge in [-0.15, -0.1) is 11.3 Å². The Bertz CT molecular complexity index is 350. The summed E-state index contributed by atoms with van der Waals surface area (Å²) >= 11 is 1.55. The SMILES string of the molecule is CC(C)(C(=O)c1cccs1)C1CCCNC1. The summed E-state index contributed by atoms with van der Waals surface area (Å²) in [6.45, 7) is 6.25. The van der Waals surface area contributed by atoms with E-state index in [4.69, 9.17) is 0 Å². The van der Waals surface area contributed by atoms with E-state index >= 15 is 0 Å². The van der Waals surface area contributed by atoms with Crippen LogP contribution in [0.5, 0.6) is 0 Å². The molecule has 0 saturated carbocycles. The lowest BCUT2D eigenvalue weighted by molar-refractivity contribution is 0.0713. The second-order valence-electron chi connectivity index (χ2n) is 5.07. The minimum absolute atomic E-state index is 0.238. The largest absolute Gasteiger partial charge is 0.316 e. The maximum absolute atomic E-state index is 12.4. The van der Waals surface area contributed by atoms with E-state index in [2.05, 4.69) is 19.2 Å². The van der Waals surface area contributed by atoms with Crippen molar-refractivity contribution in [1.82, 2.24) is 5.32 Å². The van der Waals surface area contributed by atoms with E-state index in [9.17, 15) is 4.79 Å². The smallest absolute Gasteiger partial charge is 0.178 e. The summed E-state index contributed by atoms with van der Waals surface area (Å²) in [5, 5.41) is 5.37. The Morgan fingerprint density at radius 1 is 1.56 bits per heavy atom. The van der Waals surface area contributed by atoms with Crippen molar-refractivity contribution in [2.75, 3.05) is 13.1 Å². The first-order chi connectivity index (χ1) is 7.62. The normalized spacial score (nSPS) is 22.0. The fourth-order valence-electron chi connectivity index (χ4n) is 2.38. The molecule has 1 unspecified atom stereocenters. The van der Waals surface area contributed by atoms with Gasteiger partial charge in [0.15, 0.2) is 5.78 Å². The molecule has 16 heavy (non-hydrogen) atoms. The first-order valence-electron chi connectivity index (χ1n) is 5.91. The van der Waals surface area contributed by atoms with E-state index in [-0.39, 0.29) is 5.41 Å². The van der Waals surface area contributed by atoms with Crippen LogP contribution in [0.15, 0.2) is 17.5 Å². The Balaban J connectivity index is 2.14. The highest BCUT2D eigenvalue weighted by Crippen LogP contribution is 2.35. The van der Waals surface area contributed by atoms with Gasteiger partial charge in [0.2, 0.25) is 0 Å². The van der Waals surface area contributed by atoms with Crippen LogP contribution >= 0.6 is 11.3 Å². The van der Waals surface area contributed by atoms with Crippen LogP contribution in [-0.4, -0.2) is 18.9 Å². The van der Waals surface area contributed by atoms with Crippen LogP contribution in [0.1, 0.15) is 36.4 Å². The molecule has 3 heteroatoms. The molecule has 0 aromatic carbocycles. The standard InChI is InChI=1S/C13H19NOS/c1-13(2,10-5-3-7-14-9-10)12(15)11-6-4-8-16-11/h4,6,8,10,14H,3,5,7,9H2,1-2H3. The molecular weight excluding hydrogens is 218 g/mol. The highest BCUT2D eigenvalue weighted by atomic mass is 32.1. The molecule has 0 radical (unpaired) electrons. The molecule has 0 aliphatic carbocycles. The molecule has 1 aliphatic heterocycles. The van der Waals surface area contributed by atoms with Crippen molar-refractivity contribution in [2.45, 2.75) is 26.7 Å². The molecule has 1 fully saturated rings. The number of carbonyl (C=O) groups is 1. The first-order valence-corrected chi connectivity index (χ1v) is 6.79. The van der Waals surface area contributed by atoms with Gasteiger partial charge in [0.1, 0.15) is 0 Å². The Hall–Kier alpha value is -0.670. The zero-order chi connectivity index (χ0) is 11.6. The van der Waals surface area contributed by atoms with E-state index in [0.717, 1.165) is 24.4 Å². The molecule has 1 atom stereocenters. The van der Waals surface area contributed by atoms with Gasteiger partial charge in [-0.1, -0.05) is 19.9 Å². The van der Waals surface area contributed by atoms with Crippen LogP contribution in [0.25, 0.3) is 0 Å². The van der Waals surface area contributed by atoms with Gasteiger partial charge in [-0.25, -0.2) is 0 Å². The zero-order valence-electron chi connectivity index (χ0n) is 9.95. The van der Waals surface area contributed by atoms with Gasteiger partial charge in [-0.05, 0) is 43.3 Å². The number of piperidine rings is 1. The van der Waals surface area contributed by atoms with Gasteiger partial charge in [-0.2, -0.15) is 0 Å². The third-order valence-corrected chi connectivity index (χ3v) is 4.52. The highest BCUT2D eigenvalue weighted by molar-refractivity contribution is 7.12. The van der Waals surface area contributed by atoms with Crippen LogP contribution in [0, 0.1) is 11.3 Å². The average Bonchev–Trinajstić information content (AvgIpc) is 2.82. The van der Waals surface area contributed by atoms with E-state index in [0.29, 0.717) is 11.7 Å². The summed E-state index contributed by atoms with van der Waals surface area (Å²) in [5.41, 5.74) is -0.238. The molecule has 1 saturated heterocycles. The molecule has 2 nitrogen and oxygen atoms in total. The molecule has 1 aromatic heterocycles. The van der Waals surface area contributed by atoms with Crippen molar-refractivity contribution in [3.05, 3.63) is 22.4 Å². The fourth-order valence-corrected chi connectivity index (χ4v) is 3.21. The molecule has 0 bridgehead atoms. The van der Waals surface area contributed by atoms with E-state index in [1.165, 1.54) is 6.42 Å². The maximum Gasteiger partial charge on any atom is 0.178 e. The quantitative estimate of drug-likeness (QED) is 0.819. The Kier molecular flexibility index (Phi) is 3.45. The van der Waals surface area contributed by atoms with E-state index < -0.39 is 0 Å². The first kappa shape index (κ1) is 11.8. The van der Waals surface area contributed by atoms with Crippen LogP contribution in [0.2, 0.25) is 0 Å². The summed E-state index contributed by atoms with van der Waals surface area (Å²) in [7, 11) is 0. The van der Waals surface area contributed by atoms with Gasteiger partial charge in [0.25, 0.3) is 0 Å². The number of hydrogen-bond acceptors (Lipinski definition) is 3. The lowest BCUT2D eigenvalue weighted by atomic mass is 9.72. The number of hydrogen-bond donors (Lipinski definition) is 1. The maximum atomic E-state index is 12.4. The van der Waals surface area contributed by atoms with Gasteiger partial charge in [0, 0.05) is 5.41 Å². The minimum Gasteiger partial charge on any atom is -0.316 e. The average molecular weight is 237 g/mol. The van der Waals surface area contributed by atoms with Gasteiger partial charge < -0.3 is 5.32 Å². The lowest BCUT2D eigenvalue weighted by Crippen LogP contribution is -2.42. The lowest BCUT2D eigenvalue weighted by Gasteiger charge is -2.35. The number of nitrogens with one attached hydrogen (secondary N) is 1. The van der Waals surface area contributed by atoms with Crippen LogP contribution < -0.4 is 5.32 Å². The van der Waals surface area contributed by atoms with Crippen molar-refractivity contribution in [3.63, 3.8) is 0 Å². The third kappa shape index (κ3) is 2.20. The molecule has 2 rings (SSSR count). The number of carbonyl (C=O) groups excluding carboxylic acids is 1. The summed E-state index contributed by atoms with van der Waals surface area (Å²) in [5.74, 6) is 0.770. The van der Waals surface area contributed by atoms with Crippen LogP contribution in [-0.2, 0) is 0 Å². The molecule has 0 amide bonds. The summed E-state index contributed by atoms with van der Waals surface area (Å²) in [6.07, 6.45) is 2.35. The topological polar surface area (TPSA) is 29.1 Å². The second kappa shape index (κ2) is 4.68. The zero-order valence-corrected chi connectivity index (χ0v) is 10.8. The van der Waals surface area contributed by atoms with Crippen molar-refractivity contribution < 1.29 is 4.79 Å². The number of Topliss-reactive ketones (excluding diaryl/α,β-unsaturated/α-hetero) is 1. The summed E-state index contributed by atoms with van der Waals surface area (Å²) in [6, 6.07) is 3.89. The summed E-state index contributed by atoms with van der Waals surface area (Å²) < 4.78 is 0. The molecule has 1 N–H and O–H groups in total. The Morgan fingerprint density at radius 2 is 2.38 bits per heavy atom. The third-order valence-electron chi connectivity index (χ3n) is 3.65. The van der Waals surface area contributed by atoms with Crippen molar-refractivity contribution in [1.29, 1.82) is 0 Å². The molecule has 1 aromatic rings. The van der Waals surface area contributed by atoms with Crippen molar-refractivity contribution >= 4 is 17.1 Å². The monoisotopic (exact) mass is 237 g/mol. The van der Waals surface area contributed by atoms with Crippen molar-refractivity contribution in [3.8, 4) is 0 Å².